The fraction of sp³-hybridized carbons (Fsp3) is 0.0714. The van der Waals surface area contributed by atoms with Gasteiger partial charge in [0.1, 0.15) is 0 Å². The second-order valence-electron chi connectivity index (χ2n) is 4.48. The van der Waals surface area contributed by atoms with Crippen molar-refractivity contribution in [1.82, 2.24) is 0 Å². The predicted molar refractivity (Wildman–Crippen MR) is 87.1 cm³/mol. The molecule has 2 aromatic rings. The summed E-state index contributed by atoms with van der Waals surface area (Å²) in [6.07, 6.45) is -0.638. The van der Waals surface area contributed by atoms with Crippen molar-refractivity contribution in [2.24, 2.45) is 0 Å². The number of carbonyl (C=O) groups is 1. The van der Waals surface area contributed by atoms with Gasteiger partial charge in [-0.05, 0) is 30.3 Å². The first kappa shape index (κ1) is 18.3. The Morgan fingerprint density at radius 1 is 1.13 bits per heavy atom. The van der Waals surface area contributed by atoms with E-state index >= 15 is 0 Å². The van der Waals surface area contributed by atoms with Gasteiger partial charge in [-0.15, -0.1) is 0 Å². The Morgan fingerprint density at radius 2 is 1.78 bits per heavy atom. The summed E-state index contributed by atoms with van der Waals surface area (Å²) >= 11 is 1.41. The van der Waals surface area contributed by atoms with Gasteiger partial charge in [-0.3, -0.25) is 4.55 Å². The Hall–Kier alpha value is -1.03. The molecule has 6 nitrogen and oxygen atoms in total. The van der Waals surface area contributed by atoms with Crippen molar-refractivity contribution in [3.8, 4) is 0 Å². The molecule has 3 rings (SSSR count). The van der Waals surface area contributed by atoms with E-state index in [0.29, 0.717) is 16.3 Å². The SMILES string of the molecule is COC(=O)N1c2ccccc2Sc2ccc(S(=O)(=O)O)cc21.[Na]. The van der Waals surface area contributed by atoms with Crippen molar-refractivity contribution in [2.75, 3.05) is 12.0 Å². The molecule has 0 bridgehead atoms. The number of rotatable bonds is 1. The van der Waals surface area contributed by atoms with Gasteiger partial charge in [-0.1, -0.05) is 23.9 Å². The van der Waals surface area contributed by atoms with Crippen LogP contribution in [0.5, 0.6) is 0 Å². The minimum absolute atomic E-state index is 0. The molecule has 0 aromatic heterocycles. The van der Waals surface area contributed by atoms with E-state index in [1.165, 1.54) is 35.9 Å². The van der Waals surface area contributed by atoms with Crippen LogP contribution in [0.25, 0.3) is 0 Å². The summed E-state index contributed by atoms with van der Waals surface area (Å²) in [5.41, 5.74) is 0.949. The van der Waals surface area contributed by atoms with Crippen LogP contribution in [0.1, 0.15) is 0 Å². The standard InChI is InChI=1S/C14H11NO5S2.Na/c1-20-14(16)15-10-4-2-3-5-12(10)21-13-7-6-9(8-11(13)15)22(17,18)19;/h2-8H,1H3,(H,17,18,19);. The summed E-state index contributed by atoms with van der Waals surface area (Å²) in [5, 5.41) is 0. The summed E-state index contributed by atoms with van der Waals surface area (Å²) < 4.78 is 36.6. The molecule has 2 aromatic carbocycles. The van der Waals surface area contributed by atoms with Gasteiger partial charge in [-0.25, -0.2) is 9.69 Å². The van der Waals surface area contributed by atoms with E-state index in [0.717, 1.165) is 4.90 Å². The molecule has 9 heteroatoms. The van der Waals surface area contributed by atoms with Crippen LogP contribution in [0.15, 0.2) is 57.2 Å². The summed E-state index contributed by atoms with van der Waals surface area (Å²) in [4.78, 5) is 14.7. The Balaban J connectivity index is 0.00000192. The topological polar surface area (TPSA) is 83.9 Å². The van der Waals surface area contributed by atoms with Crippen molar-refractivity contribution in [2.45, 2.75) is 14.7 Å². The number of hydrogen-bond donors (Lipinski definition) is 1. The number of para-hydroxylation sites is 1. The Bertz CT molecular complexity index is 869. The Labute approximate surface area is 159 Å². The molecular formula is C14H11NNaO5S2. The van der Waals surface area contributed by atoms with Crippen molar-refractivity contribution < 1.29 is 22.5 Å². The summed E-state index contributed by atoms with van der Waals surface area (Å²) in [7, 11) is -3.11. The third-order valence-electron chi connectivity index (χ3n) is 3.15. The second kappa shape index (κ2) is 6.84. The number of benzene rings is 2. The predicted octanol–water partition coefficient (Wildman–Crippen LogP) is 2.92. The van der Waals surface area contributed by atoms with Crippen molar-refractivity contribution in [1.29, 1.82) is 0 Å². The molecule has 0 atom stereocenters. The van der Waals surface area contributed by atoms with E-state index in [-0.39, 0.29) is 34.5 Å². The van der Waals surface area contributed by atoms with Gasteiger partial charge < -0.3 is 4.74 Å². The number of anilines is 2. The van der Waals surface area contributed by atoms with Gasteiger partial charge in [0.25, 0.3) is 10.1 Å². The third-order valence-corrected chi connectivity index (χ3v) is 5.13. The monoisotopic (exact) mass is 360 g/mol. The number of ether oxygens (including phenoxy) is 1. The minimum Gasteiger partial charge on any atom is -0.452 e. The van der Waals surface area contributed by atoms with Gasteiger partial charge in [0, 0.05) is 39.3 Å². The average molecular weight is 360 g/mol. The number of carbonyl (C=O) groups excluding carboxylic acids is 1. The molecule has 1 aliphatic heterocycles. The third kappa shape index (κ3) is 3.42. The molecule has 0 fully saturated rings. The molecule has 0 aliphatic carbocycles. The van der Waals surface area contributed by atoms with Crippen LogP contribution in [-0.2, 0) is 14.9 Å². The van der Waals surface area contributed by atoms with E-state index in [9.17, 15) is 17.8 Å². The summed E-state index contributed by atoms with van der Waals surface area (Å²) in [5.74, 6) is 0. The number of hydrogen-bond acceptors (Lipinski definition) is 5. The van der Waals surface area contributed by atoms with E-state index < -0.39 is 16.2 Å². The van der Waals surface area contributed by atoms with E-state index in [4.69, 9.17) is 4.74 Å². The second-order valence-corrected chi connectivity index (χ2v) is 6.99. The van der Waals surface area contributed by atoms with Crippen LogP contribution in [0.4, 0.5) is 16.2 Å². The molecule has 0 saturated carbocycles. The first-order valence-corrected chi connectivity index (χ1v) is 8.44. The van der Waals surface area contributed by atoms with Crippen LogP contribution in [0.2, 0.25) is 0 Å². The van der Waals surface area contributed by atoms with Crippen LogP contribution in [0, 0.1) is 0 Å². The number of amides is 1. The largest absolute Gasteiger partial charge is 0.452 e. The molecule has 1 aliphatic rings. The van der Waals surface area contributed by atoms with Crippen molar-refractivity contribution in [3.63, 3.8) is 0 Å². The molecule has 23 heavy (non-hydrogen) atoms. The molecule has 0 saturated heterocycles. The minimum atomic E-state index is -4.36. The van der Waals surface area contributed by atoms with E-state index in [1.807, 2.05) is 12.1 Å². The maximum Gasteiger partial charge on any atom is 0.418 e. The maximum absolute atomic E-state index is 12.1. The van der Waals surface area contributed by atoms with Gasteiger partial charge in [-0.2, -0.15) is 8.42 Å². The Morgan fingerprint density at radius 3 is 2.43 bits per heavy atom. The van der Waals surface area contributed by atoms with E-state index in [1.54, 1.807) is 18.2 Å². The molecular weight excluding hydrogens is 349 g/mol. The smallest absolute Gasteiger partial charge is 0.418 e. The van der Waals surface area contributed by atoms with Gasteiger partial charge in [0.15, 0.2) is 0 Å². The molecule has 1 radical (unpaired) electrons. The zero-order valence-electron chi connectivity index (χ0n) is 12.4. The first-order valence-electron chi connectivity index (χ1n) is 6.18. The summed E-state index contributed by atoms with van der Waals surface area (Å²) in [6.45, 7) is 0. The molecule has 0 spiro atoms. The number of fused-ring (bicyclic) bond motifs is 2. The molecule has 0 unspecified atom stereocenters. The van der Waals surface area contributed by atoms with E-state index in [2.05, 4.69) is 0 Å². The fourth-order valence-corrected chi connectivity index (χ4v) is 3.72. The Kier molecular flexibility index (Phi) is 5.44. The van der Waals surface area contributed by atoms with Gasteiger partial charge in [0.2, 0.25) is 0 Å². The van der Waals surface area contributed by atoms with Crippen LogP contribution >= 0.6 is 11.8 Å². The first-order chi connectivity index (χ1) is 10.4. The number of methoxy groups -OCH3 is 1. The quantitative estimate of drug-likeness (QED) is 0.622. The maximum atomic E-state index is 12.1. The van der Waals surface area contributed by atoms with Crippen LogP contribution in [-0.4, -0.2) is 55.7 Å². The van der Waals surface area contributed by atoms with Crippen molar-refractivity contribution in [3.05, 3.63) is 42.5 Å². The summed E-state index contributed by atoms with van der Waals surface area (Å²) in [6, 6.07) is 11.3. The van der Waals surface area contributed by atoms with Crippen molar-refractivity contribution >= 4 is 68.9 Å². The fourth-order valence-electron chi connectivity index (χ4n) is 2.18. The normalized spacial score (nSPS) is 12.7. The van der Waals surface area contributed by atoms with Crippen LogP contribution < -0.4 is 4.90 Å². The number of nitrogens with zero attached hydrogens (tertiary/aromatic N) is 1. The molecule has 115 valence electrons. The van der Waals surface area contributed by atoms with Gasteiger partial charge >= 0.3 is 6.09 Å². The average Bonchev–Trinajstić information content (AvgIpc) is 2.50. The zero-order chi connectivity index (χ0) is 15.9. The van der Waals surface area contributed by atoms with Crippen LogP contribution in [0.3, 0.4) is 0 Å². The molecule has 1 heterocycles. The molecule has 1 amide bonds. The zero-order valence-corrected chi connectivity index (χ0v) is 16.0. The molecule has 1 N–H and O–H groups in total. The van der Waals surface area contributed by atoms with Gasteiger partial charge in [0.05, 0.1) is 23.4 Å².